The Bertz CT molecular complexity index is 392. The lowest BCUT2D eigenvalue weighted by atomic mass is 9.77. The van der Waals surface area contributed by atoms with E-state index in [1.165, 1.54) is 23.5 Å². The van der Waals surface area contributed by atoms with Crippen molar-refractivity contribution in [2.45, 2.75) is 51.6 Å². The second-order valence-corrected chi connectivity index (χ2v) is 6.76. The van der Waals surface area contributed by atoms with Gasteiger partial charge in [-0.05, 0) is 31.1 Å². The van der Waals surface area contributed by atoms with Crippen molar-refractivity contribution in [2.24, 2.45) is 5.41 Å². The minimum absolute atomic E-state index is 0.210. The molecule has 1 N–H and O–H groups in total. The Morgan fingerprint density at radius 2 is 2.13 bits per heavy atom. The van der Waals surface area contributed by atoms with E-state index < -0.39 is 0 Å². The van der Waals surface area contributed by atoms with E-state index >= 15 is 0 Å². The highest BCUT2D eigenvalue weighted by Crippen LogP contribution is 2.48. The molecule has 1 aromatic rings. The predicted molar refractivity (Wildman–Crippen MR) is 61.2 cm³/mol. The lowest BCUT2D eigenvalue weighted by molar-refractivity contribution is 0.102. The summed E-state index contributed by atoms with van der Waals surface area (Å²) in [4.78, 5) is 5.87. The molecular formula is C12H17NOS. The van der Waals surface area contributed by atoms with Crippen LogP contribution in [0.15, 0.2) is 0 Å². The number of rotatable bonds is 1. The number of aliphatic hydroxyl groups excluding tert-OH is 1. The van der Waals surface area contributed by atoms with Crippen LogP contribution in [0.25, 0.3) is 0 Å². The van der Waals surface area contributed by atoms with Crippen LogP contribution in [0.2, 0.25) is 0 Å². The number of aliphatic hydroxyl groups is 1. The number of hydrogen-bond donors (Lipinski definition) is 1. The molecule has 3 rings (SSSR count). The fourth-order valence-corrected chi connectivity index (χ4v) is 3.65. The molecule has 82 valence electrons. The summed E-state index contributed by atoms with van der Waals surface area (Å²) in [6, 6.07) is 0. The SMILES string of the molecule is CC1(C)Cc2nc(C3CC3)sc2C(O)C1. The van der Waals surface area contributed by atoms with Crippen molar-refractivity contribution in [1.29, 1.82) is 0 Å². The van der Waals surface area contributed by atoms with Gasteiger partial charge in [0.2, 0.25) is 0 Å². The molecule has 15 heavy (non-hydrogen) atoms. The zero-order valence-corrected chi connectivity index (χ0v) is 10.1. The topological polar surface area (TPSA) is 33.1 Å². The van der Waals surface area contributed by atoms with E-state index in [-0.39, 0.29) is 11.5 Å². The molecule has 3 heteroatoms. The zero-order chi connectivity index (χ0) is 10.6. The molecule has 1 fully saturated rings. The summed E-state index contributed by atoms with van der Waals surface area (Å²) < 4.78 is 0. The molecule has 0 amide bonds. The maximum absolute atomic E-state index is 10.1. The van der Waals surface area contributed by atoms with Crippen LogP contribution >= 0.6 is 11.3 Å². The van der Waals surface area contributed by atoms with E-state index in [4.69, 9.17) is 4.98 Å². The fraction of sp³-hybridized carbons (Fsp3) is 0.750. The average molecular weight is 223 g/mol. The van der Waals surface area contributed by atoms with Gasteiger partial charge in [0.1, 0.15) is 0 Å². The molecule has 0 radical (unpaired) electrons. The Kier molecular flexibility index (Phi) is 1.99. The molecule has 1 unspecified atom stereocenters. The summed E-state index contributed by atoms with van der Waals surface area (Å²) in [6.45, 7) is 4.44. The monoisotopic (exact) mass is 223 g/mol. The normalized spacial score (nSPS) is 28.9. The van der Waals surface area contributed by atoms with Gasteiger partial charge in [0, 0.05) is 5.92 Å². The lowest BCUT2D eigenvalue weighted by Crippen LogP contribution is -2.24. The lowest BCUT2D eigenvalue weighted by Gasteiger charge is -2.31. The molecule has 1 atom stereocenters. The van der Waals surface area contributed by atoms with Gasteiger partial charge < -0.3 is 5.11 Å². The van der Waals surface area contributed by atoms with Crippen LogP contribution in [0.1, 0.15) is 60.7 Å². The van der Waals surface area contributed by atoms with Gasteiger partial charge in [0.25, 0.3) is 0 Å². The molecule has 2 aliphatic carbocycles. The first-order valence-electron chi connectivity index (χ1n) is 5.73. The largest absolute Gasteiger partial charge is 0.387 e. The third kappa shape index (κ3) is 1.72. The van der Waals surface area contributed by atoms with Crippen LogP contribution in [0.5, 0.6) is 0 Å². The van der Waals surface area contributed by atoms with Gasteiger partial charge in [-0.15, -0.1) is 11.3 Å². The average Bonchev–Trinajstić information content (AvgIpc) is 2.86. The summed E-state index contributed by atoms with van der Waals surface area (Å²) >= 11 is 1.75. The van der Waals surface area contributed by atoms with Crippen LogP contribution in [0.4, 0.5) is 0 Å². The van der Waals surface area contributed by atoms with Gasteiger partial charge in [-0.1, -0.05) is 13.8 Å². The van der Waals surface area contributed by atoms with Gasteiger partial charge in [-0.25, -0.2) is 4.98 Å². The minimum Gasteiger partial charge on any atom is -0.387 e. The summed E-state index contributed by atoms with van der Waals surface area (Å²) in [5.74, 6) is 0.718. The van der Waals surface area contributed by atoms with E-state index in [0.29, 0.717) is 0 Å². The Labute approximate surface area is 94.4 Å². The molecule has 0 saturated heterocycles. The molecule has 1 aromatic heterocycles. The standard InChI is InChI=1S/C12H17NOS/c1-12(2)5-8-10(9(14)6-12)15-11(13-8)7-3-4-7/h7,9,14H,3-6H2,1-2H3. The van der Waals surface area contributed by atoms with Crippen molar-refractivity contribution in [1.82, 2.24) is 4.98 Å². The van der Waals surface area contributed by atoms with E-state index in [1.54, 1.807) is 11.3 Å². The Balaban J connectivity index is 1.98. The quantitative estimate of drug-likeness (QED) is 0.794. The van der Waals surface area contributed by atoms with E-state index in [1.807, 2.05) is 0 Å². The second-order valence-electron chi connectivity index (χ2n) is 5.70. The van der Waals surface area contributed by atoms with Crippen LogP contribution in [-0.4, -0.2) is 10.1 Å². The number of hydrogen-bond acceptors (Lipinski definition) is 3. The van der Waals surface area contributed by atoms with Gasteiger partial charge in [0.15, 0.2) is 0 Å². The first-order chi connectivity index (χ1) is 7.05. The third-order valence-corrected chi connectivity index (χ3v) is 4.73. The second kappa shape index (κ2) is 3.05. The van der Waals surface area contributed by atoms with Gasteiger partial charge in [0.05, 0.1) is 21.7 Å². The molecule has 0 aromatic carbocycles. The number of nitrogens with zero attached hydrogens (tertiary/aromatic N) is 1. The van der Waals surface area contributed by atoms with Gasteiger partial charge in [-0.2, -0.15) is 0 Å². The Morgan fingerprint density at radius 3 is 2.80 bits per heavy atom. The summed E-state index contributed by atoms with van der Waals surface area (Å²) in [6.07, 6.45) is 4.24. The van der Waals surface area contributed by atoms with E-state index in [9.17, 15) is 5.11 Å². The van der Waals surface area contributed by atoms with Crippen molar-refractivity contribution in [3.05, 3.63) is 15.6 Å². The fourth-order valence-electron chi connectivity index (χ4n) is 2.42. The van der Waals surface area contributed by atoms with Crippen molar-refractivity contribution in [3.63, 3.8) is 0 Å². The van der Waals surface area contributed by atoms with Crippen molar-refractivity contribution in [2.75, 3.05) is 0 Å². The highest BCUT2D eigenvalue weighted by Gasteiger charge is 2.36. The summed E-state index contributed by atoms with van der Waals surface area (Å²) in [5, 5.41) is 11.4. The maximum Gasteiger partial charge on any atom is 0.0963 e. The predicted octanol–water partition coefficient (Wildman–Crippen LogP) is 3.03. The van der Waals surface area contributed by atoms with Crippen LogP contribution in [0, 0.1) is 5.41 Å². The zero-order valence-electron chi connectivity index (χ0n) is 9.29. The molecule has 1 saturated carbocycles. The molecule has 0 aliphatic heterocycles. The molecular weight excluding hydrogens is 206 g/mol. The Morgan fingerprint density at radius 1 is 1.40 bits per heavy atom. The number of fused-ring (bicyclic) bond motifs is 1. The first kappa shape index (κ1) is 9.79. The van der Waals surface area contributed by atoms with Crippen molar-refractivity contribution in [3.8, 4) is 0 Å². The smallest absolute Gasteiger partial charge is 0.0963 e. The minimum atomic E-state index is -0.270. The molecule has 2 aliphatic rings. The molecule has 2 nitrogen and oxygen atoms in total. The number of thiazole rings is 1. The van der Waals surface area contributed by atoms with Crippen molar-refractivity contribution >= 4 is 11.3 Å². The highest BCUT2D eigenvalue weighted by atomic mass is 32.1. The summed E-state index contributed by atoms with van der Waals surface area (Å²) in [7, 11) is 0. The van der Waals surface area contributed by atoms with Crippen LogP contribution < -0.4 is 0 Å². The van der Waals surface area contributed by atoms with Gasteiger partial charge >= 0.3 is 0 Å². The van der Waals surface area contributed by atoms with Crippen LogP contribution in [0.3, 0.4) is 0 Å². The third-order valence-electron chi connectivity index (χ3n) is 3.37. The molecule has 1 heterocycles. The van der Waals surface area contributed by atoms with Crippen molar-refractivity contribution < 1.29 is 5.11 Å². The first-order valence-corrected chi connectivity index (χ1v) is 6.54. The van der Waals surface area contributed by atoms with E-state index in [2.05, 4.69) is 13.8 Å². The Hall–Kier alpha value is -0.410. The number of aromatic nitrogens is 1. The van der Waals surface area contributed by atoms with Gasteiger partial charge in [-0.3, -0.25) is 0 Å². The molecule has 0 bridgehead atoms. The summed E-state index contributed by atoms with van der Waals surface area (Å²) in [5.41, 5.74) is 1.38. The van der Waals surface area contributed by atoms with E-state index in [0.717, 1.165) is 23.6 Å². The highest BCUT2D eigenvalue weighted by molar-refractivity contribution is 7.12. The molecule has 0 spiro atoms. The maximum atomic E-state index is 10.1. The van der Waals surface area contributed by atoms with Crippen LogP contribution in [-0.2, 0) is 6.42 Å².